The van der Waals surface area contributed by atoms with E-state index < -0.39 is 0 Å². The zero-order valence-corrected chi connectivity index (χ0v) is 17.0. The molecule has 0 unspecified atom stereocenters. The van der Waals surface area contributed by atoms with Crippen molar-refractivity contribution < 1.29 is 9.53 Å². The summed E-state index contributed by atoms with van der Waals surface area (Å²) in [6.07, 6.45) is 0. The number of benzene rings is 2. The summed E-state index contributed by atoms with van der Waals surface area (Å²) in [7, 11) is 1.53. The standard InChI is InChI=1S/C22H25N5O2/c1-15-5-4-6-17(13-15)26-9-11-27(12-10-26)22(28)25-20-21(29-3)24-19-14-16(2)7-8-18(19)23-20/h4-8,13-14H,9-12H2,1-3H3,(H,23,25,28). The highest BCUT2D eigenvalue weighted by atomic mass is 16.5. The molecule has 1 fully saturated rings. The van der Waals surface area contributed by atoms with Crippen LogP contribution in [0.1, 0.15) is 11.1 Å². The molecule has 1 aliphatic heterocycles. The molecule has 150 valence electrons. The van der Waals surface area contributed by atoms with Gasteiger partial charge in [-0.25, -0.2) is 14.8 Å². The maximum atomic E-state index is 12.8. The van der Waals surface area contributed by atoms with Crippen LogP contribution in [-0.4, -0.2) is 54.2 Å². The highest BCUT2D eigenvalue weighted by Crippen LogP contribution is 2.24. The maximum Gasteiger partial charge on any atom is 0.323 e. The molecule has 0 bridgehead atoms. The summed E-state index contributed by atoms with van der Waals surface area (Å²) < 4.78 is 5.35. The average Bonchev–Trinajstić information content (AvgIpc) is 2.73. The number of anilines is 2. The van der Waals surface area contributed by atoms with E-state index in [0.29, 0.717) is 24.8 Å². The van der Waals surface area contributed by atoms with Gasteiger partial charge in [0.1, 0.15) is 0 Å². The molecule has 1 aromatic heterocycles. The molecule has 2 amide bonds. The van der Waals surface area contributed by atoms with Crippen LogP contribution in [0.15, 0.2) is 42.5 Å². The van der Waals surface area contributed by atoms with Crippen LogP contribution in [0.2, 0.25) is 0 Å². The summed E-state index contributed by atoms with van der Waals surface area (Å²) in [5, 5.41) is 2.87. The lowest BCUT2D eigenvalue weighted by Crippen LogP contribution is -2.50. The van der Waals surface area contributed by atoms with E-state index in [1.54, 1.807) is 4.90 Å². The van der Waals surface area contributed by atoms with Gasteiger partial charge in [0.05, 0.1) is 18.1 Å². The Hall–Kier alpha value is -3.35. The molecule has 1 N–H and O–H groups in total. The van der Waals surface area contributed by atoms with Crippen molar-refractivity contribution in [1.29, 1.82) is 0 Å². The predicted octanol–water partition coefficient (Wildman–Crippen LogP) is 3.61. The fourth-order valence-electron chi connectivity index (χ4n) is 3.54. The Morgan fingerprint density at radius 1 is 0.966 bits per heavy atom. The van der Waals surface area contributed by atoms with Gasteiger partial charge in [-0.3, -0.25) is 5.32 Å². The summed E-state index contributed by atoms with van der Waals surface area (Å²) >= 11 is 0. The molecule has 4 rings (SSSR count). The van der Waals surface area contributed by atoms with E-state index in [1.807, 2.05) is 25.1 Å². The lowest BCUT2D eigenvalue weighted by atomic mass is 10.2. The normalized spacial score (nSPS) is 14.2. The van der Waals surface area contributed by atoms with Gasteiger partial charge in [-0.15, -0.1) is 0 Å². The van der Waals surface area contributed by atoms with Crippen LogP contribution in [-0.2, 0) is 0 Å². The van der Waals surface area contributed by atoms with Crippen molar-refractivity contribution in [3.05, 3.63) is 53.6 Å². The van der Waals surface area contributed by atoms with E-state index in [-0.39, 0.29) is 6.03 Å². The minimum Gasteiger partial charge on any atom is -0.478 e. The van der Waals surface area contributed by atoms with E-state index in [0.717, 1.165) is 29.7 Å². The third kappa shape index (κ3) is 4.08. The molecular formula is C22H25N5O2. The van der Waals surface area contributed by atoms with E-state index in [2.05, 4.69) is 51.4 Å². The Morgan fingerprint density at radius 2 is 1.72 bits per heavy atom. The summed E-state index contributed by atoms with van der Waals surface area (Å²) in [5.74, 6) is 0.657. The van der Waals surface area contributed by atoms with Crippen LogP contribution < -0.4 is 15.0 Å². The minimum atomic E-state index is -0.187. The van der Waals surface area contributed by atoms with E-state index >= 15 is 0 Å². The van der Waals surface area contributed by atoms with Gasteiger partial charge in [0, 0.05) is 31.9 Å². The number of fused-ring (bicyclic) bond motifs is 1. The molecule has 1 aliphatic rings. The molecule has 2 heterocycles. The van der Waals surface area contributed by atoms with Crippen LogP contribution in [0.25, 0.3) is 11.0 Å². The van der Waals surface area contributed by atoms with Gasteiger partial charge in [0.2, 0.25) is 0 Å². The summed E-state index contributed by atoms with van der Waals surface area (Å²) in [4.78, 5) is 25.9. The van der Waals surface area contributed by atoms with Gasteiger partial charge in [0.15, 0.2) is 5.82 Å². The first-order valence-electron chi connectivity index (χ1n) is 9.73. The van der Waals surface area contributed by atoms with Gasteiger partial charge in [-0.2, -0.15) is 0 Å². The molecule has 7 heteroatoms. The smallest absolute Gasteiger partial charge is 0.323 e. The van der Waals surface area contributed by atoms with Gasteiger partial charge in [-0.1, -0.05) is 18.2 Å². The second kappa shape index (κ2) is 7.95. The number of rotatable bonds is 3. The van der Waals surface area contributed by atoms with Crippen molar-refractivity contribution in [2.24, 2.45) is 0 Å². The van der Waals surface area contributed by atoms with Gasteiger partial charge in [-0.05, 0) is 49.2 Å². The largest absolute Gasteiger partial charge is 0.478 e. The Morgan fingerprint density at radius 3 is 2.45 bits per heavy atom. The number of ether oxygens (including phenoxy) is 1. The number of methoxy groups -OCH3 is 1. The molecular weight excluding hydrogens is 366 g/mol. The van der Waals surface area contributed by atoms with Crippen molar-refractivity contribution in [1.82, 2.24) is 14.9 Å². The number of hydrogen-bond donors (Lipinski definition) is 1. The summed E-state index contributed by atoms with van der Waals surface area (Å²) in [6.45, 7) is 6.95. The van der Waals surface area contributed by atoms with E-state index in [9.17, 15) is 4.79 Å². The summed E-state index contributed by atoms with van der Waals surface area (Å²) in [5.41, 5.74) is 4.99. The fraction of sp³-hybridized carbons (Fsp3) is 0.318. The lowest BCUT2D eigenvalue weighted by molar-refractivity contribution is 0.208. The molecule has 7 nitrogen and oxygen atoms in total. The topological polar surface area (TPSA) is 70.6 Å². The number of urea groups is 1. The number of hydrogen-bond acceptors (Lipinski definition) is 5. The zero-order valence-electron chi connectivity index (χ0n) is 17.0. The number of aryl methyl sites for hydroxylation is 2. The zero-order chi connectivity index (χ0) is 20.4. The first-order chi connectivity index (χ1) is 14.0. The number of carbonyl (C=O) groups is 1. The van der Waals surface area contributed by atoms with Gasteiger partial charge < -0.3 is 14.5 Å². The molecule has 3 aromatic rings. The Labute approximate surface area is 170 Å². The fourth-order valence-corrected chi connectivity index (χ4v) is 3.54. The minimum absolute atomic E-state index is 0.187. The molecule has 1 saturated heterocycles. The van der Waals surface area contributed by atoms with Crippen molar-refractivity contribution in [3.63, 3.8) is 0 Å². The summed E-state index contributed by atoms with van der Waals surface area (Å²) in [6, 6.07) is 14.1. The second-order valence-corrected chi connectivity index (χ2v) is 7.32. The number of nitrogens with one attached hydrogen (secondary N) is 1. The van der Waals surface area contributed by atoms with Crippen molar-refractivity contribution in [2.75, 3.05) is 43.5 Å². The highest BCUT2D eigenvalue weighted by molar-refractivity contribution is 5.91. The quantitative estimate of drug-likeness (QED) is 0.739. The number of piperazine rings is 1. The highest BCUT2D eigenvalue weighted by Gasteiger charge is 2.23. The van der Waals surface area contributed by atoms with Crippen LogP contribution in [0.5, 0.6) is 5.88 Å². The molecule has 2 aromatic carbocycles. The Balaban J connectivity index is 1.45. The van der Waals surface area contributed by atoms with Gasteiger partial charge >= 0.3 is 6.03 Å². The monoisotopic (exact) mass is 391 g/mol. The van der Waals surface area contributed by atoms with Crippen LogP contribution in [0, 0.1) is 13.8 Å². The van der Waals surface area contributed by atoms with Crippen LogP contribution in [0.4, 0.5) is 16.3 Å². The van der Waals surface area contributed by atoms with Crippen LogP contribution >= 0.6 is 0 Å². The predicted molar refractivity (Wildman–Crippen MR) is 115 cm³/mol. The average molecular weight is 391 g/mol. The SMILES string of the molecule is COc1nc2cc(C)ccc2nc1NC(=O)N1CCN(c2cccc(C)c2)CC1. The number of aromatic nitrogens is 2. The number of nitrogens with zero attached hydrogens (tertiary/aromatic N) is 4. The van der Waals surface area contributed by atoms with Crippen molar-refractivity contribution in [2.45, 2.75) is 13.8 Å². The molecule has 0 radical (unpaired) electrons. The Kier molecular flexibility index (Phi) is 5.20. The molecule has 0 spiro atoms. The van der Waals surface area contributed by atoms with Crippen LogP contribution in [0.3, 0.4) is 0 Å². The first-order valence-corrected chi connectivity index (χ1v) is 9.73. The third-order valence-corrected chi connectivity index (χ3v) is 5.14. The molecule has 0 atom stereocenters. The molecule has 29 heavy (non-hydrogen) atoms. The first kappa shape index (κ1) is 19.0. The number of amides is 2. The Bertz CT molecular complexity index is 1040. The van der Waals surface area contributed by atoms with E-state index in [1.165, 1.54) is 18.4 Å². The van der Waals surface area contributed by atoms with E-state index in [4.69, 9.17) is 4.74 Å². The third-order valence-electron chi connectivity index (χ3n) is 5.14. The van der Waals surface area contributed by atoms with Crippen molar-refractivity contribution >= 4 is 28.6 Å². The molecule has 0 aliphatic carbocycles. The maximum absolute atomic E-state index is 12.8. The van der Waals surface area contributed by atoms with Crippen molar-refractivity contribution in [3.8, 4) is 5.88 Å². The molecule has 0 saturated carbocycles. The second-order valence-electron chi connectivity index (χ2n) is 7.32. The number of carbonyl (C=O) groups excluding carboxylic acids is 1. The lowest BCUT2D eigenvalue weighted by Gasteiger charge is -2.36. The van der Waals surface area contributed by atoms with Gasteiger partial charge in [0.25, 0.3) is 5.88 Å².